The molecular weight excluding hydrogens is 311 g/mol. The van der Waals surface area contributed by atoms with Gasteiger partial charge in [0.25, 0.3) is 0 Å². The minimum atomic E-state index is -0.225. The monoisotopic (exact) mass is 322 g/mol. The highest BCUT2D eigenvalue weighted by molar-refractivity contribution is 9.10. The Morgan fingerprint density at radius 2 is 2.00 bits per heavy atom. The number of fused-ring (bicyclic) bond motifs is 1. The maximum atomic E-state index is 13.1. The fraction of sp³-hybridized carbons (Fsp3) is 0.200. The second-order valence-electron chi connectivity index (χ2n) is 4.46. The molecule has 0 spiro atoms. The molecule has 0 aliphatic carbocycles. The molecule has 2 aromatic rings. The zero-order valence-electron chi connectivity index (χ0n) is 10.1. The quantitative estimate of drug-likeness (QED) is 0.851. The standard InChI is InChI=1S/C15H12BrFO2/c16-11-1-4-13(5-2-11)18-9-14-8-10-7-12(17)3-6-15(10)19-14/h1-7,14H,8-9H2. The Morgan fingerprint density at radius 1 is 1.21 bits per heavy atom. The molecule has 3 rings (SSSR count). The lowest BCUT2D eigenvalue weighted by molar-refractivity contribution is 0.148. The van der Waals surface area contributed by atoms with E-state index >= 15 is 0 Å². The Labute approximate surface area is 119 Å². The molecule has 2 nitrogen and oxygen atoms in total. The van der Waals surface area contributed by atoms with E-state index in [-0.39, 0.29) is 11.9 Å². The zero-order chi connectivity index (χ0) is 13.2. The van der Waals surface area contributed by atoms with Gasteiger partial charge in [-0.25, -0.2) is 4.39 Å². The molecule has 0 N–H and O–H groups in total. The average molecular weight is 323 g/mol. The molecule has 0 saturated carbocycles. The minimum Gasteiger partial charge on any atom is -0.490 e. The summed E-state index contributed by atoms with van der Waals surface area (Å²) in [6.07, 6.45) is 0.629. The molecule has 0 saturated heterocycles. The third-order valence-electron chi connectivity index (χ3n) is 3.01. The van der Waals surface area contributed by atoms with Crippen molar-refractivity contribution in [2.24, 2.45) is 0 Å². The van der Waals surface area contributed by atoms with Gasteiger partial charge in [0.1, 0.15) is 30.0 Å². The largest absolute Gasteiger partial charge is 0.490 e. The van der Waals surface area contributed by atoms with E-state index in [1.165, 1.54) is 12.1 Å². The van der Waals surface area contributed by atoms with Crippen LogP contribution in [-0.4, -0.2) is 12.7 Å². The third kappa shape index (κ3) is 2.89. The van der Waals surface area contributed by atoms with Crippen LogP contribution in [0.3, 0.4) is 0 Å². The summed E-state index contributed by atoms with van der Waals surface area (Å²) >= 11 is 3.37. The SMILES string of the molecule is Fc1ccc2c(c1)CC(COc1ccc(Br)cc1)O2. The molecule has 0 amide bonds. The first-order chi connectivity index (χ1) is 9.20. The maximum Gasteiger partial charge on any atom is 0.137 e. The Kier molecular flexibility index (Phi) is 3.42. The van der Waals surface area contributed by atoms with Gasteiger partial charge in [-0.15, -0.1) is 0 Å². The molecule has 1 aliphatic rings. The van der Waals surface area contributed by atoms with Crippen LogP contribution in [0.4, 0.5) is 4.39 Å². The summed E-state index contributed by atoms with van der Waals surface area (Å²) in [5.74, 6) is 1.33. The Hall–Kier alpha value is -1.55. The van der Waals surface area contributed by atoms with Crippen molar-refractivity contribution in [3.63, 3.8) is 0 Å². The number of rotatable bonds is 3. The van der Waals surface area contributed by atoms with Crippen molar-refractivity contribution in [2.75, 3.05) is 6.61 Å². The smallest absolute Gasteiger partial charge is 0.137 e. The van der Waals surface area contributed by atoms with Crippen molar-refractivity contribution in [1.29, 1.82) is 0 Å². The first kappa shape index (κ1) is 12.5. The topological polar surface area (TPSA) is 18.5 Å². The molecule has 0 bridgehead atoms. The van der Waals surface area contributed by atoms with Crippen molar-refractivity contribution < 1.29 is 13.9 Å². The van der Waals surface area contributed by atoms with Crippen molar-refractivity contribution in [3.8, 4) is 11.5 Å². The summed E-state index contributed by atoms with van der Waals surface area (Å²) in [6, 6.07) is 12.2. The zero-order valence-corrected chi connectivity index (χ0v) is 11.7. The molecule has 0 aromatic heterocycles. The highest BCUT2D eigenvalue weighted by atomic mass is 79.9. The predicted octanol–water partition coefficient (Wildman–Crippen LogP) is 3.97. The first-order valence-electron chi connectivity index (χ1n) is 6.04. The van der Waals surface area contributed by atoms with E-state index in [0.29, 0.717) is 13.0 Å². The van der Waals surface area contributed by atoms with Gasteiger partial charge in [-0.2, -0.15) is 0 Å². The van der Waals surface area contributed by atoms with E-state index < -0.39 is 0 Å². The van der Waals surface area contributed by atoms with Crippen molar-refractivity contribution in [1.82, 2.24) is 0 Å². The Morgan fingerprint density at radius 3 is 2.79 bits per heavy atom. The van der Waals surface area contributed by atoms with E-state index in [1.54, 1.807) is 6.07 Å². The predicted molar refractivity (Wildman–Crippen MR) is 74.2 cm³/mol. The average Bonchev–Trinajstić information content (AvgIpc) is 2.80. The summed E-state index contributed by atoms with van der Waals surface area (Å²) in [6.45, 7) is 0.456. The van der Waals surface area contributed by atoms with Gasteiger partial charge in [-0.05, 0) is 42.5 Å². The normalized spacial score (nSPS) is 16.8. The first-order valence-corrected chi connectivity index (χ1v) is 6.83. The van der Waals surface area contributed by atoms with Gasteiger partial charge in [0.2, 0.25) is 0 Å². The number of halogens is 2. The summed E-state index contributed by atoms with van der Waals surface area (Å²) in [5.41, 5.74) is 0.907. The fourth-order valence-electron chi connectivity index (χ4n) is 2.10. The number of benzene rings is 2. The second-order valence-corrected chi connectivity index (χ2v) is 5.38. The van der Waals surface area contributed by atoms with Gasteiger partial charge in [0.05, 0.1) is 0 Å². The van der Waals surface area contributed by atoms with Gasteiger partial charge in [-0.1, -0.05) is 15.9 Å². The number of hydrogen-bond donors (Lipinski definition) is 0. The molecule has 0 radical (unpaired) electrons. The highest BCUT2D eigenvalue weighted by Gasteiger charge is 2.23. The molecule has 19 heavy (non-hydrogen) atoms. The number of ether oxygens (including phenoxy) is 2. The summed E-state index contributed by atoms with van der Waals surface area (Å²) in [7, 11) is 0. The molecule has 0 fully saturated rings. The molecule has 1 heterocycles. The minimum absolute atomic E-state index is 0.0551. The van der Waals surface area contributed by atoms with Gasteiger partial charge < -0.3 is 9.47 Å². The molecule has 1 aliphatic heterocycles. The van der Waals surface area contributed by atoms with E-state index in [1.807, 2.05) is 24.3 Å². The summed E-state index contributed by atoms with van der Waals surface area (Å²) < 4.78 is 25.5. The molecule has 2 aromatic carbocycles. The molecule has 98 valence electrons. The molecule has 4 heteroatoms. The van der Waals surface area contributed by atoms with E-state index in [9.17, 15) is 4.39 Å². The van der Waals surface area contributed by atoms with Crippen LogP contribution in [0.5, 0.6) is 11.5 Å². The van der Waals surface area contributed by atoms with Crippen molar-refractivity contribution in [3.05, 3.63) is 58.3 Å². The van der Waals surface area contributed by atoms with Crippen LogP contribution in [-0.2, 0) is 6.42 Å². The van der Waals surface area contributed by atoms with Crippen LogP contribution in [0.15, 0.2) is 46.9 Å². The van der Waals surface area contributed by atoms with Gasteiger partial charge in [0, 0.05) is 16.5 Å². The van der Waals surface area contributed by atoms with E-state index in [0.717, 1.165) is 21.5 Å². The highest BCUT2D eigenvalue weighted by Crippen LogP contribution is 2.29. The van der Waals surface area contributed by atoms with Crippen LogP contribution < -0.4 is 9.47 Å². The third-order valence-corrected chi connectivity index (χ3v) is 3.54. The van der Waals surface area contributed by atoms with Crippen LogP contribution in [0.2, 0.25) is 0 Å². The van der Waals surface area contributed by atoms with Crippen LogP contribution in [0, 0.1) is 5.82 Å². The Bertz CT molecular complexity index is 583. The molecule has 1 atom stereocenters. The summed E-state index contributed by atoms with van der Waals surface area (Å²) in [4.78, 5) is 0. The molecular formula is C15H12BrFO2. The second kappa shape index (κ2) is 5.21. The van der Waals surface area contributed by atoms with E-state index in [4.69, 9.17) is 9.47 Å². The molecule has 1 unspecified atom stereocenters. The van der Waals surface area contributed by atoms with Gasteiger partial charge in [0.15, 0.2) is 0 Å². The van der Waals surface area contributed by atoms with Gasteiger partial charge in [-0.3, -0.25) is 0 Å². The maximum absolute atomic E-state index is 13.1. The van der Waals surface area contributed by atoms with Crippen molar-refractivity contribution >= 4 is 15.9 Å². The van der Waals surface area contributed by atoms with Gasteiger partial charge >= 0.3 is 0 Å². The van der Waals surface area contributed by atoms with Crippen LogP contribution >= 0.6 is 15.9 Å². The fourth-order valence-corrected chi connectivity index (χ4v) is 2.37. The number of hydrogen-bond acceptors (Lipinski definition) is 2. The Balaban J connectivity index is 1.60. The lowest BCUT2D eigenvalue weighted by atomic mass is 10.1. The lowest BCUT2D eigenvalue weighted by Gasteiger charge is -2.12. The van der Waals surface area contributed by atoms with Crippen LogP contribution in [0.25, 0.3) is 0 Å². The summed E-state index contributed by atoms with van der Waals surface area (Å²) in [5, 5.41) is 0. The van der Waals surface area contributed by atoms with Crippen LogP contribution in [0.1, 0.15) is 5.56 Å². The lowest BCUT2D eigenvalue weighted by Crippen LogP contribution is -2.22. The van der Waals surface area contributed by atoms with Crippen molar-refractivity contribution in [2.45, 2.75) is 12.5 Å². The van der Waals surface area contributed by atoms with E-state index in [2.05, 4.69) is 15.9 Å².